The fourth-order valence-corrected chi connectivity index (χ4v) is 2.82. The summed E-state index contributed by atoms with van der Waals surface area (Å²) in [4.78, 5) is 37.3. The van der Waals surface area contributed by atoms with Crippen LogP contribution in [0.1, 0.15) is 31.7 Å². The molecule has 25 heavy (non-hydrogen) atoms. The Morgan fingerprint density at radius 2 is 1.92 bits per heavy atom. The molecule has 1 saturated heterocycles. The third-order valence-electron chi connectivity index (χ3n) is 4.13. The number of hydrogen-bond acceptors (Lipinski definition) is 4. The molecule has 0 spiro atoms. The molecule has 1 aromatic rings. The third-order valence-corrected chi connectivity index (χ3v) is 4.13. The number of hydrogen-bond donors (Lipinski definition) is 2. The molecule has 0 bridgehead atoms. The van der Waals surface area contributed by atoms with Crippen LogP contribution >= 0.6 is 0 Å². The Bertz CT molecular complexity index is 646. The van der Waals surface area contributed by atoms with Crippen molar-refractivity contribution in [2.24, 2.45) is 0 Å². The zero-order valence-corrected chi connectivity index (χ0v) is 14.5. The second-order valence-electron chi connectivity index (χ2n) is 6.15. The maximum atomic E-state index is 12.6. The van der Waals surface area contributed by atoms with Crippen molar-refractivity contribution >= 4 is 23.5 Å². The SMILES string of the molecule is CCCN(CC(=O)Nc1ccccc1C)C(=O)[C@@H]1CC[C@H](C(=O)O)O1. The number of amides is 2. The van der Waals surface area contributed by atoms with Crippen molar-refractivity contribution in [3.8, 4) is 0 Å². The van der Waals surface area contributed by atoms with Crippen LogP contribution in [0.5, 0.6) is 0 Å². The summed E-state index contributed by atoms with van der Waals surface area (Å²) in [7, 11) is 0. The number of carboxylic acid groups (broad SMARTS) is 1. The minimum Gasteiger partial charge on any atom is -0.479 e. The highest BCUT2D eigenvalue weighted by Crippen LogP contribution is 2.22. The van der Waals surface area contributed by atoms with Crippen LogP contribution in [0.15, 0.2) is 24.3 Å². The average Bonchev–Trinajstić information content (AvgIpc) is 3.06. The fraction of sp³-hybridized carbons (Fsp3) is 0.500. The van der Waals surface area contributed by atoms with Crippen molar-refractivity contribution < 1.29 is 24.2 Å². The number of anilines is 1. The molecule has 0 radical (unpaired) electrons. The van der Waals surface area contributed by atoms with Gasteiger partial charge in [-0.15, -0.1) is 0 Å². The van der Waals surface area contributed by atoms with Gasteiger partial charge < -0.3 is 20.1 Å². The van der Waals surface area contributed by atoms with Gasteiger partial charge >= 0.3 is 5.97 Å². The van der Waals surface area contributed by atoms with Gasteiger partial charge in [0.15, 0.2) is 6.10 Å². The summed E-state index contributed by atoms with van der Waals surface area (Å²) >= 11 is 0. The monoisotopic (exact) mass is 348 g/mol. The third kappa shape index (κ3) is 5.03. The molecule has 136 valence electrons. The second-order valence-corrected chi connectivity index (χ2v) is 6.15. The number of carbonyl (C=O) groups excluding carboxylic acids is 2. The molecule has 2 rings (SSSR count). The van der Waals surface area contributed by atoms with Crippen LogP contribution in [-0.4, -0.2) is 53.1 Å². The molecule has 7 heteroatoms. The predicted molar refractivity (Wildman–Crippen MR) is 92.2 cm³/mol. The van der Waals surface area contributed by atoms with Crippen molar-refractivity contribution in [2.45, 2.75) is 45.3 Å². The van der Waals surface area contributed by atoms with E-state index in [1.165, 1.54) is 4.90 Å². The lowest BCUT2D eigenvalue weighted by molar-refractivity contribution is -0.155. The zero-order chi connectivity index (χ0) is 18.4. The largest absolute Gasteiger partial charge is 0.479 e. The summed E-state index contributed by atoms with van der Waals surface area (Å²) in [5.74, 6) is -1.68. The summed E-state index contributed by atoms with van der Waals surface area (Å²) < 4.78 is 5.31. The first-order valence-corrected chi connectivity index (χ1v) is 8.45. The number of nitrogens with zero attached hydrogens (tertiary/aromatic N) is 1. The summed E-state index contributed by atoms with van der Waals surface area (Å²) in [5.41, 5.74) is 1.65. The Kier molecular flexibility index (Phi) is 6.52. The lowest BCUT2D eigenvalue weighted by Crippen LogP contribution is -2.44. The first kappa shape index (κ1) is 18.9. The van der Waals surface area contributed by atoms with E-state index < -0.39 is 18.2 Å². The Morgan fingerprint density at radius 3 is 2.52 bits per heavy atom. The maximum absolute atomic E-state index is 12.6. The van der Waals surface area contributed by atoms with Crippen LogP contribution in [0.25, 0.3) is 0 Å². The van der Waals surface area contributed by atoms with E-state index in [9.17, 15) is 14.4 Å². The van der Waals surface area contributed by atoms with E-state index in [1.54, 1.807) is 6.07 Å². The number of ether oxygens (including phenoxy) is 1. The molecule has 0 aromatic heterocycles. The molecule has 2 N–H and O–H groups in total. The molecule has 0 unspecified atom stereocenters. The van der Waals surface area contributed by atoms with Gasteiger partial charge in [-0.25, -0.2) is 4.79 Å². The molecule has 2 amide bonds. The number of aryl methyl sites for hydroxylation is 1. The Labute approximate surface area is 147 Å². The van der Waals surface area contributed by atoms with Gasteiger partial charge in [-0.05, 0) is 37.8 Å². The number of carbonyl (C=O) groups is 3. The molecular formula is C18H24N2O5. The second kappa shape index (κ2) is 8.62. The number of benzene rings is 1. The number of aliphatic carboxylic acids is 1. The number of nitrogens with one attached hydrogen (secondary N) is 1. The van der Waals surface area contributed by atoms with Crippen LogP contribution in [0, 0.1) is 6.92 Å². The van der Waals surface area contributed by atoms with Gasteiger partial charge in [-0.2, -0.15) is 0 Å². The van der Waals surface area contributed by atoms with Crippen LogP contribution in [0.3, 0.4) is 0 Å². The molecule has 1 aliphatic heterocycles. The van der Waals surface area contributed by atoms with E-state index in [1.807, 2.05) is 32.0 Å². The van der Waals surface area contributed by atoms with Gasteiger partial charge in [0.1, 0.15) is 6.10 Å². The first-order valence-electron chi connectivity index (χ1n) is 8.45. The molecular weight excluding hydrogens is 324 g/mol. The molecule has 1 aromatic carbocycles. The van der Waals surface area contributed by atoms with E-state index in [-0.39, 0.29) is 18.4 Å². The highest BCUT2D eigenvalue weighted by atomic mass is 16.5. The Morgan fingerprint density at radius 1 is 1.24 bits per heavy atom. The summed E-state index contributed by atoms with van der Waals surface area (Å²) in [6.07, 6.45) is -0.383. The summed E-state index contributed by atoms with van der Waals surface area (Å²) in [5, 5.41) is 11.8. The lowest BCUT2D eigenvalue weighted by atomic mass is 10.1. The molecule has 2 atom stereocenters. The summed E-state index contributed by atoms with van der Waals surface area (Å²) in [6.45, 7) is 4.13. The predicted octanol–water partition coefficient (Wildman–Crippen LogP) is 1.80. The minimum absolute atomic E-state index is 0.0847. The van der Waals surface area contributed by atoms with Crippen molar-refractivity contribution in [2.75, 3.05) is 18.4 Å². The van der Waals surface area contributed by atoms with Crippen LogP contribution in [0.4, 0.5) is 5.69 Å². The molecule has 0 saturated carbocycles. The van der Waals surface area contributed by atoms with Gasteiger partial charge in [0, 0.05) is 12.2 Å². The van der Waals surface area contributed by atoms with Gasteiger partial charge in [0.2, 0.25) is 5.91 Å². The smallest absolute Gasteiger partial charge is 0.332 e. The zero-order valence-electron chi connectivity index (χ0n) is 14.5. The van der Waals surface area contributed by atoms with E-state index in [0.717, 1.165) is 5.56 Å². The fourth-order valence-electron chi connectivity index (χ4n) is 2.82. The van der Waals surface area contributed by atoms with Crippen LogP contribution in [-0.2, 0) is 19.1 Å². The van der Waals surface area contributed by atoms with E-state index in [0.29, 0.717) is 31.5 Å². The van der Waals surface area contributed by atoms with Crippen LogP contribution in [0.2, 0.25) is 0 Å². The first-order chi connectivity index (χ1) is 11.9. The Balaban J connectivity index is 1.98. The Hall–Kier alpha value is -2.41. The van der Waals surface area contributed by atoms with Crippen molar-refractivity contribution in [3.63, 3.8) is 0 Å². The highest BCUT2D eigenvalue weighted by Gasteiger charge is 2.37. The quantitative estimate of drug-likeness (QED) is 0.783. The summed E-state index contributed by atoms with van der Waals surface area (Å²) in [6, 6.07) is 7.41. The van der Waals surface area contributed by atoms with Crippen LogP contribution < -0.4 is 5.32 Å². The minimum atomic E-state index is -1.06. The lowest BCUT2D eigenvalue weighted by Gasteiger charge is -2.24. The molecule has 1 aliphatic rings. The normalized spacial score (nSPS) is 19.4. The topological polar surface area (TPSA) is 95.9 Å². The number of carboxylic acids is 1. The van der Waals surface area contributed by atoms with Crippen molar-refractivity contribution in [1.29, 1.82) is 0 Å². The molecule has 1 heterocycles. The van der Waals surface area contributed by atoms with Gasteiger partial charge in [-0.3, -0.25) is 9.59 Å². The van der Waals surface area contributed by atoms with Crippen molar-refractivity contribution in [3.05, 3.63) is 29.8 Å². The van der Waals surface area contributed by atoms with Gasteiger partial charge in [0.05, 0.1) is 6.54 Å². The molecule has 0 aliphatic carbocycles. The number of rotatable bonds is 7. The van der Waals surface area contributed by atoms with Crippen molar-refractivity contribution in [1.82, 2.24) is 4.90 Å². The van der Waals surface area contributed by atoms with E-state index in [2.05, 4.69) is 5.32 Å². The standard InChI is InChI=1S/C18H24N2O5/c1-3-10-20(17(22)14-8-9-15(25-14)18(23)24)11-16(21)19-13-7-5-4-6-12(13)2/h4-7,14-15H,3,8-11H2,1-2H3,(H,19,21)(H,23,24)/t14-,15+/m0/s1. The van der Waals surface area contributed by atoms with Gasteiger partial charge in [-0.1, -0.05) is 25.1 Å². The average molecular weight is 348 g/mol. The highest BCUT2D eigenvalue weighted by molar-refractivity contribution is 5.95. The molecule has 1 fully saturated rings. The maximum Gasteiger partial charge on any atom is 0.332 e. The molecule has 7 nitrogen and oxygen atoms in total. The number of para-hydroxylation sites is 1. The van der Waals surface area contributed by atoms with E-state index in [4.69, 9.17) is 9.84 Å². The van der Waals surface area contributed by atoms with E-state index >= 15 is 0 Å². The van der Waals surface area contributed by atoms with Gasteiger partial charge in [0.25, 0.3) is 5.91 Å².